The molecule has 2 bridgehead atoms. The number of carbonyl (C=O) groups is 4. The van der Waals surface area contributed by atoms with E-state index in [0.717, 1.165) is 142 Å². The molecule has 2 aromatic heterocycles. The molecule has 2 atom stereocenters. The third kappa shape index (κ3) is 12.8. The summed E-state index contributed by atoms with van der Waals surface area (Å²) in [5, 5.41) is 8.35. The van der Waals surface area contributed by atoms with Gasteiger partial charge in [-0.1, -0.05) is 41.9 Å². The quantitative estimate of drug-likeness (QED) is 0.0656. The van der Waals surface area contributed by atoms with E-state index in [1.165, 1.54) is 0 Å². The number of ether oxygens (including phenoxy) is 3. The Kier molecular flexibility index (Phi) is 17.8. The fourth-order valence-electron chi connectivity index (χ4n) is 13.8. The lowest BCUT2D eigenvalue weighted by Crippen LogP contribution is -2.63. The molecule has 5 aliphatic heterocycles. The summed E-state index contributed by atoms with van der Waals surface area (Å²) in [5.41, 5.74) is 10.8. The molecule has 438 valence electrons. The lowest BCUT2D eigenvalue weighted by molar-refractivity contribution is -0.203. The molecule has 0 spiro atoms. The second-order valence-electron chi connectivity index (χ2n) is 24.1. The molecular weight excluding hydrogens is 1060 g/mol. The Balaban J connectivity index is 0.607. The number of methoxy groups -OCH3 is 1. The number of hydrogen-bond acceptors (Lipinski definition) is 13. The summed E-state index contributed by atoms with van der Waals surface area (Å²) in [7, 11) is 1.63. The molecule has 18 nitrogen and oxygen atoms in total. The molecule has 2 aliphatic carbocycles. The third-order valence-corrected chi connectivity index (χ3v) is 19.3. The van der Waals surface area contributed by atoms with Crippen LogP contribution in [0.5, 0.6) is 11.5 Å². The Morgan fingerprint density at radius 3 is 2.32 bits per heavy atom. The molecule has 7 aliphatic rings. The fourth-order valence-corrected chi connectivity index (χ4v) is 14.0. The van der Waals surface area contributed by atoms with Gasteiger partial charge in [-0.2, -0.15) is 0 Å². The highest BCUT2D eigenvalue weighted by Gasteiger charge is 2.55. The van der Waals surface area contributed by atoms with Crippen molar-refractivity contribution >= 4 is 46.3 Å². The fraction of sp³-hybridized carbons (Fsp3) is 0.556. The second kappa shape index (κ2) is 25.4. The number of nitrogens with one attached hydrogen (secondary N) is 3. The number of carbonyl (C=O) groups excluding carboxylic acids is 4. The summed E-state index contributed by atoms with van der Waals surface area (Å²) >= 11 is 6.32. The monoisotopic (exact) mass is 1140 g/mol. The van der Waals surface area contributed by atoms with Crippen molar-refractivity contribution in [3.05, 3.63) is 118 Å². The van der Waals surface area contributed by atoms with E-state index in [-0.39, 0.29) is 53.7 Å². The standard InChI is InChI=1S/C63H82ClN11O7/c1-3-81-54-37-51(80-2)14-11-48(54)38-66-39-55(76)75-26-5-8-49(40-75)46-6-4-7-47(36-46)58(77)73-32-30-72(31-33-73)41-62-23-21-61(22-24-62,42-82-62)60(79)74-34-28-71(29-35-74)27-18-53(44-9-12-50(64)13-10-44)70-59(78)63(65)19-15-45(16-20-63)56-52-17-25-67-57(52)69-43-68-56/h4,6-7,9-14,17,25,36-37,43,45,49,53,66H,3,5,8,15-16,18-24,26-35,38-42,65H2,1-2H3,(H,70,78)(H,67,68,69)/t45?,49?,53-,61?,62?,63?/m0/s1. The average Bonchev–Trinajstić information content (AvgIpc) is 3.69. The van der Waals surface area contributed by atoms with E-state index in [9.17, 15) is 19.2 Å². The topological polar surface area (TPSA) is 204 Å². The second-order valence-corrected chi connectivity index (χ2v) is 24.5. The number of nitrogens with two attached hydrogens (primary N) is 1. The Hall–Kier alpha value is -6.15. The Morgan fingerprint density at radius 1 is 0.829 bits per heavy atom. The molecule has 0 radical (unpaired) electrons. The summed E-state index contributed by atoms with van der Waals surface area (Å²) < 4.78 is 17.9. The SMILES string of the molecule is CCOc1cc(OC)ccc1CNCC(=O)N1CCCC(c2cccc(C(=O)N3CCN(CC45CCC(C(=O)N6CCN(CC[C@H](NC(=O)C7(N)CCC(c8ncnc9[nH]ccc89)CC7)c7ccc(Cl)cc7)CC6)(CC4)CO5)CC3)c2)C1. The van der Waals surface area contributed by atoms with Gasteiger partial charge < -0.3 is 50.3 Å². The normalized spacial score (nSPS) is 25.7. The summed E-state index contributed by atoms with van der Waals surface area (Å²) in [5.74, 6) is 2.07. The minimum Gasteiger partial charge on any atom is -0.497 e. The largest absolute Gasteiger partial charge is 0.497 e. The molecule has 7 heterocycles. The highest BCUT2D eigenvalue weighted by atomic mass is 35.5. The highest BCUT2D eigenvalue weighted by Crippen LogP contribution is 2.50. The molecule has 4 amide bonds. The number of halogens is 1. The maximum Gasteiger partial charge on any atom is 0.253 e. The molecule has 19 heteroatoms. The number of nitrogens with zero attached hydrogens (tertiary/aromatic N) is 7. The van der Waals surface area contributed by atoms with Crippen molar-refractivity contribution in [1.29, 1.82) is 0 Å². The molecule has 5 N–H and O–H groups in total. The van der Waals surface area contributed by atoms with Crippen molar-refractivity contribution in [3.8, 4) is 11.5 Å². The van der Waals surface area contributed by atoms with Gasteiger partial charge >= 0.3 is 0 Å². The van der Waals surface area contributed by atoms with Crippen LogP contribution in [0.2, 0.25) is 5.02 Å². The van der Waals surface area contributed by atoms with E-state index in [2.05, 4.69) is 46.4 Å². The van der Waals surface area contributed by atoms with Gasteiger partial charge in [0, 0.05) is 131 Å². The van der Waals surface area contributed by atoms with Crippen molar-refractivity contribution in [2.24, 2.45) is 11.1 Å². The third-order valence-electron chi connectivity index (χ3n) is 19.0. The van der Waals surface area contributed by atoms with Crippen molar-refractivity contribution < 1.29 is 33.4 Å². The predicted molar refractivity (Wildman–Crippen MR) is 315 cm³/mol. The van der Waals surface area contributed by atoms with Crippen LogP contribution in [0, 0.1) is 5.41 Å². The van der Waals surface area contributed by atoms with Crippen molar-refractivity contribution in [1.82, 2.24) is 50.1 Å². The van der Waals surface area contributed by atoms with Crippen molar-refractivity contribution in [2.45, 2.75) is 113 Å². The Bertz CT molecular complexity index is 3020. The first-order valence-electron chi connectivity index (χ1n) is 30.0. The summed E-state index contributed by atoms with van der Waals surface area (Å²) in [6.07, 6.45) is 12.1. The van der Waals surface area contributed by atoms with Crippen LogP contribution in [-0.2, 0) is 25.7 Å². The van der Waals surface area contributed by atoms with Crippen LogP contribution in [0.25, 0.3) is 11.0 Å². The zero-order chi connectivity index (χ0) is 56.8. The van der Waals surface area contributed by atoms with Gasteiger partial charge in [0.2, 0.25) is 17.7 Å². The number of aromatic nitrogens is 3. The lowest BCUT2D eigenvalue weighted by Gasteiger charge is -2.55. The van der Waals surface area contributed by atoms with E-state index >= 15 is 0 Å². The molecule has 3 aromatic carbocycles. The van der Waals surface area contributed by atoms with Gasteiger partial charge in [0.15, 0.2) is 0 Å². The number of aromatic amines is 1. The van der Waals surface area contributed by atoms with Gasteiger partial charge in [0.25, 0.3) is 5.91 Å². The highest BCUT2D eigenvalue weighted by molar-refractivity contribution is 6.30. The molecule has 2 saturated carbocycles. The van der Waals surface area contributed by atoms with Gasteiger partial charge in [-0.05, 0) is 125 Å². The van der Waals surface area contributed by atoms with Crippen LogP contribution in [0.4, 0.5) is 0 Å². The molecule has 1 unspecified atom stereocenters. The maximum absolute atomic E-state index is 14.4. The number of H-pyrrole nitrogens is 1. The van der Waals surface area contributed by atoms with Crippen LogP contribution in [0.1, 0.15) is 128 Å². The minimum absolute atomic E-state index is 0.0486. The smallest absolute Gasteiger partial charge is 0.253 e. The number of amides is 4. The number of piperidine rings is 1. The number of benzene rings is 3. The summed E-state index contributed by atoms with van der Waals surface area (Å²) in [6, 6.07) is 23.3. The number of rotatable bonds is 19. The molecule has 82 heavy (non-hydrogen) atoms. The first-order valence-corrected chi connectivity index (χ1v) is 30.4. The Morgan fingerprint density at radius 2 is 1.59 bits per heavy atom. The van der Waals surface area contributed by atoms with Crippen LogP contribution in [-0.4, -0.2) is 180 Å². The number of hydrogen-bond donors (Lipinski definition) is 4. The van der Waals surface area contributed by atoms with Crippen LogP contribution in [0.3, 0.4) is 0 Å². The van der Waals surface area contributed by atoms with Gasteiger partial charge in [-0.3, -0.25) is 29.0 Å². The van der Waals surface area contributed by atoms with Gasteiger partial charge in [-0.25, -0.2) is 9.97 Å². The van der Waals surface area contributed by atoms with E-state index in [4.69, 9.17) is 31.5 Å². The first kappa shape index (κ1) is 57.7. The molecule has 5 saturated heterocycles. The average molecular weight is 1140 g/mol. The molecule has 7 fully saturated rings. The zero-order valence-electron chi connectivity index (χ0n) is 47.9. The van der Waals surface area contributed by atoms with Crippen LogP contribution in [0.15, 0.2) is 85.3 Å². The molecule has 12 rings (SSSR count). The predicted octanol–water partition coefficient (Wildman–Crippen LogP) is 7.05. The lowest BCUT2D eigenvalue weighted by atomic mass is 9.65. The minimum atomic E-state index is -0.979. The van der Waals surface area contributed by atoms with Crippen LogP contribution < -0.4 is 25.8 Å². The van der Waals surface area contributed by atoms with E-state index in [0.29, 0.717) is 82.3 Å². The number of likely N-dealkylation sites (tertiary alicyclic amines) is 1. The first-order chi connectivity index (χ1) is 39.8. The maximum atomic E-state index is 14.4. The van der Waals surface area contributed by atoms with Crippen molar-refractivity contribution in [3.63, 3.8) is 0 Å². The zero-order valence-corrected chi connectivity index (χ0v) is 48.6. The van der Waals surface area contributed by atoms with Crippen LogP contribution >= 0.6 is 11.6 Å². The molecular formula is C63H82ClN11O7. The van der Waals surface area contributed by atoms with Gasteiger partial charge in [-0.15, -0.1) is 0 Å². The Labute approximate surface area is 487 Å². The van der Waals surface area contributed by atoms with E-state index < -0.39 is 11.0 Å². The van der Waals surface area contributed by atoms with Gasteiger partial charge in [0.05, 0.1) is 55.2 Å². The molecule has 5 aromatic rings. The number of fused-ring (bicyclic) bond motifs is 4. The van der Waals surface area contributed by atoms with E-state index in [1.807, 2.05) is 89.7 Å². The number of piperazine rings is 2. The summed E-state index contributed by atoms with van der Waals surface area (Å²) in [6.45, 7) is 12.3. The van der Waals surface area contributed by atoms with Gasteiger partial charge in [0.1, 0.15) is 23.5 Å². The summed E-state index contributed by atoms with van der Waals surface area (Å²) in [4.78, 5) is 79.0. The van der Waals surface area contributed by atoms with Crippen molar-refractivity contribution in [2.75, 3.05) is 105 Å². The van der Waals surface area contributed by atoms with E-state index in [1.54, 1.807) is 13.4 Å².